The summed E-state index contributed by atoms with van der Waals surface area (Å²) in [7, 11) is 3.16. The van der Waals surface area contributed by atoms with Gasteiger partial charge in [0.25, 0.3) is 0 Å². The molecule has 122 valence electrons. The van der Waals surface area contributed by atoms with Gasteiger partial charge in [-0.15, -0.1) is 0 Å². The van der Waals surface area contributed by atoms with E-state index in [9.17, 15) is 9.18 Å². The molecule has 1 atom stereocenters. The zero-order valence-electron chi connectivity index (χ0n) is 13.1. The van der Waals surface area contributed by atoms with Crippen LogP contribution in [0.2, 0.25) is 0 Å². The number of pyridine rings is 1. The summed E-state index contributed by atoms with van der Waals surface area (Å²) < 4.78 is 23.3. The van der Waals surface area contributed by atoms with Crippen LogP contribution in [0.5, 0.6) is 5.75 Å². The van der Waals surface area contributed by atoms with Gasteiger partial charge in [-0.3, -0.25) is 9.88 Å². The average Bonchev–Trinajstić information content (AvgIpc) is 2.57. The van der Waals surface area contributed by atoms with E-state index < -0.39 is 6.04 Å². The maximum absolute atomic E-state index is 12.8. The van der Waals surface area contributed by atoms with Crippen molar-refractivity contribution in [2.45, 2.75) is 6.04 Å². The highest BCUT2D eigenvalue weighted by molar-refractivity contribution is 5.77. The molecule has 0 aliphatic heterocycles. The zero-order chi connectivity index (χ0) is 16.7. The minimum atomic E-state index is -0.550. The van der Waals surface area contributed by atoms with E-state index >= 15 is 0 Å². The molecule has 6 heteroatoms. The van der Waals surface area contributed by atoms with Gasteiger partial charge in [0.05, 0.1) is 7.11 Å². The van der Waals surface area contributed by atoms with Crippen LogP contribution in [0, 0.1) is 5.82 Å². The highest BCUT2D eigenvalue weighted by atomic mass is 19.1. The quantitative estimate of drug-likeness (QED) is 0.734. The van der Waals surface area contributed by atoms with Crippen molar-refractivity contribution >= 4 is 5.97 Å². The van der Waals surface area contributed by atoms with Crippen LogP contribution in [0.1, 0.15) is 11.6 Å². The van der Waals surface area contributed by atoms with E-state index in [1.54, 1.807) is 30.6 Å². The SMILES string of the molecule is COC(=O)C(c1cccnc1)N(C)CCOc1ccc(F)cc1. The molecule has 0 spiro atoms. The van der Waals surface area contributed by atoms with Crippen LogP contribution >= 0.6 is 0 Å². The third kappa shape index (κ3) is 4.75. The molecule has 1 aromatic carbocycles. The predicted molar refractivity (Wildman–Crippen MR) is 83.5 cm³/mol. The number of hydrogen-bond acceptors (Lipinski definition) is 5. The summed E-state index contributed by atoms with van der Waals surface area (Å²) >= 11 is 0. The third-order valence-electron chi connectivity index (χ3n) is 3.39. The monoisotopic (exact) mass is 318 g/mol. The summed E-state index contributed by atoms with van der Waals surface area (Å²) in [6, 6.07) is 8.85. The second-order valence-electron chi connectivity index (χ2n) is 5.00. The van der Waals surface area contributed by atoms with Crippen molar-refractivity contribution in [2.24, 2.45) is 0 Å². The fourth-order valence-corrected chi connectivity index (χ4v) is 2.19. The maximum atomic E-state index is 12.8. The van der Waals surface area contributed by atoms with Gasteiger partial charge in [-0.1, -0.05) is 6.07 Å². The van der Waals surface area contributed by atoms with E-state index in [-0.39, 0.29) is 11.8 Å². The highest BCUT2D eigenvalue weighted by Crippen LogP contribution is 2.20. The Labute approximate surface area is 134 Å². The number of rotatable bonds is 7. The number of hydrogen-bond donors (Lipinski definition) is 0. The summed E-state index contributed by atoms with van der Waals surface area (Å²) in [4.78, 5) is 17.9. The van der Waals surface area contributed by atoms with Gasteiger partial charge < -0.3 is 9.47 Å². The Kier molecular flexibility index (Phi) is 6.05. The molecular formula is C17H19FN2O3. The molecule has 0 amide bonds. The van der Waals surface area contributed by atoms with E-state index in [1.807, 2.05) is 18.0 Å². The molecule has 1 aromatic heterocycles. The van der Waals surface area contributed by atoms with Crippen LogP contribution < -0.4 is 4.74 Å². The van der Waals surface area contributed by atoms with Crippen molar-refractivity contribution in [3.63, 3.8) is 0 Å². The normalized spacial score (nSPS) is 12.0. The molecule has 0 bridgehead atoms. The Bertz CT molecular complexity index is 619. The number of carbonyl (C=O) groups excluding carboxylic acids is 1. The largest absolute Gasteiger partial charge is 0.492 e. The minimum absolute atomic E-state index is 0.309. The number of nitrogens with zero attached hydrogens (tertiary/aromatic N) is 2. The van der Waals surface area contributed by atoms with E-state index in [1.165, 1.54) is 19.2 Å². The first-order chi connectivity index (χ1) is 11.1. The Morgan fingerprint density at radius 1 is 1.30 bits per heavy atom. The number of ether oxygens (including phenoxy) is 2. The van der Waals surface area contributed by atoms with Gasteiger partial charge in [0.1, 0.15) is 24.2 Å². The van der Waals surface area contributed by atoms with Crippen molar-refractivity contribution in [1.82, 2.24) is 9.88 Å². The molecule has 0 aliphatic carbocycles. The number of benzene rings is 1. The van der Waals surface area contributed by atoms with Gasteiger partial charge in [0.2, 0.25) is 0 Å². The fraction of sp³-hybridized carbons (Fsp3) is 0.294. The van der Waals surface area contributed by atoms with Crippen molar-refractivity contribution in [3.05, 3.63) is 60.2 Å². The molecule has 0 saturated heterocycles. The number of likely N-dealkylation sites (N-methyl/N-ethyl adjacent to an activating group) is 1. The number of carbonyl (C=O) groups is 1. The number of esters is 1. The Balaban J connectivity index is 1.96. The van der Waals surface area contributed by atoms with Gasteiger partial charge in [0.15, 0.2) is 0 Å². The van der Waals surface area contributed by atoms with E-state index in [0.717, 1.165) is 5.56 Å². The minimum Gasteiger partial charge on any atom is -0.492 e. The molecule has 0 aliphatic rings. The standard InChI is InChI=1S/C17H19FN2O3/c1-20(10-11-23-15-7-5-14(18)6-8-15)16(17(21)22-2)13-4-3-9-19-12-13/h3-9,12,16H,10-11H2,1-2H3. The molecule has 0 saturated carbocycles. The molecular weight excluding hydrogens is 299 g/mol. The third-order valence-corrected chi connectivity index (χ3v) is 3.39. The van der Waals surface area contributed by atoms with Crippen molar-refractivity contribution in [3.8, 4) is 5.75 Å². The molecule has 2 aromatic rings. The van der Waals surface area contributed by atoms with Crippen LogP contribution in [0.15, 0.2) is 48.8 Å². The Morgan fingerprint density at radius 3 is 2.65 bits per heavy atom. The van der Waals surface area contributed by atoms with Crippen LogP contribution in [-0.4, -0.2) is 43.2 Å². The van der Waals surface area contributed by atoms with E-state index in [2.05, 4.69) is 4.98 Å². The molecule has 0 radical (unpaired) electrons. The average molecular weight is 318 g/mol. The first kappa shape index (κ1) is 16.9. The van der Waals surface area contributed by atoms with Crippen LogP contribution in [0.3, 0.4) is 0 Å². The summed E-state index contributed by atoms with van der Waals surface area (Å²) in [5.41, 5.74) is 0.753. The van der Waals surface area contributed by atoms with Crippen molar-refractivity contribution in [2.75, 3.05) is 27.3 Å². The summed E-state index contributed by atoms with van der Waals surface area (Å²) in [6.45, 7) is 0.849. The smallest absolute Gasteiger partial charge is 0.327 e. The maximum Gasteiger partial charge on any atom is 0.327 e. The van der Waals surface area contributed by atoms with Gasteiger partial charge in [-0.25, -0.2) is 9.18 Å². The first-order valence-corrected chi connectivity index (χ1v) is 7.18. The molecule has 0 fully saturated rings. The molecule has 2 rings (SSSR count). The van der Waals surface area contributed by atoms with Crippen LogP contribution in [0.4, 0.5) is 4.39 Å². The number of aromatic nitrogens is 1. The molecule has 23 heavy (non-hydrogen) atoms. The summed E-state index contributed by atoms with van der Waals surface area (Å²) in [5.74, 6) is -0.0881. The lowest BCUT2D eigenvalue weighted by Gasteiger charge is -2.25. The molecule has 1 heterocycles. The van der Waals surface area contributed by atoms with Crippen LogP contribution in [0.25, 0.3) is 0 Å². The summed E-state index contributed by atoms with van der Waals surface area (Å²) in [5, 5.41) is 0. The lowest BCUT2D eigenvalue weighted by Crippen LogP contribution is -2.34. The number of halogens is 1. The molecule has 0 N–H and O–H groups in total. The molecule has 1 unspecified atom stereocenters. The lowest BCUT2D eigenvalue weighted by atomic mass is 10.1. The van der Waals surface area contributed by atoms with E-state index in [0.29, 0.717) is 18.9 Å². The zero-order valence-corrected chi connectivity index (χ0v) is 13.1. The lowest BCUT2D eigenvalue weighted by molar-refractivity contribution is -0.146. The second-order valence-corrected chi connectivity index (χ2v) is 5.00. The van der Waals surface area contributed by atoms with Gasteiger partial charge >= 0.3 is 5.97 Å². The topological polar surface area (TPSA) is 51.7 Å². The Morgan fingerprint density at radius 2 is 2.04 bits per heavy atom. The van der Waals surface area contributed by atoms with Gasteiger partial charge in [-0.05, 0) is 42.9 Å². The summed E-state index contributed by atoms with van der Waals surface area (Å²) in [6.07, 6.45) is 3.29. The van der Waals surface area contributed by atoms with E-state index in [4.69, 9.17) is 9.47 Å². The van der Waals surface area contributed by atoms with Crippen LogP contribution in [-0.2, 0) is 9.53 Å². The highest BCUT2D eigenvalue weighted by Gasteiger charge is 2.26. The molecule has 5 nitrogen and oxygen atoms in total. The predicted octanol–water partition coefficient (Wildman–Crippen LogP) is 2.45. The van der Waals surface area contributed by atoms with Gasteiger partial charge in [0, 0.05) is 18.9 Å². The van der Waals surface area contributed by atoms with Gasteiger partial charge in [-0.2, -0.15) is 0 Å². The fourth-order valence-electron chi connectivity index (χ4n) is 2.19. The number of methoxy groups -OCH3 is 1. The van der Waals surface area contributed by atoms with Crippen molar-refractivity contribution in [1.29, 1.82) is 0 Å². The second kappa shape index (κ2) is 8.24. The first-order valence-electron chi connectivity index (χ1n) is 7.18. The van der Waals surface area contributed by atoms with Crippen molar-refractivity contribution < 1.29 is 18.7 Å². The Hall–Kier alpha value is -2.47.